The van der Waals surface area contributed by atoms with Crippen LogP contribution >= 0.6 is 0 Å². The largest absolute Gasteiger partial charge is 0.348 e. The number of fused-ring (bicyclic) bond motifs is 1. The summed E-state index contributed by atoms with van der Waals surface area (Å²) in [6.07, 6.45) is 3.25. The Balaban J connectivity index is 2.30. The molecule has 2 rings (SSSR count). The second-order valence-corrected chi connectivity index (χ2v) is 4.39. The van der Waals surface area contributed by atoms with Crippen LogP contribution in [0, 0.1) is 0 Å². The lowest BCUT2D eigenvalue weighted by Crippen LogP contribution is -2.23. The van der Waals surface area contributed by atoms with E-state index in [4.69, 9.17) is 0 Å². The smallest absolute Gasteiger partial charge is 0.0480 e. The van der Waals surface area contributed by atoms with Crippen LogP contribution in [0.25, 0.3) is 10.9 Å². The Morgan fingerprint density at radius 1 is 1.31 bits per heavy atom. The quantitative estimate of drug-likeness (QED) is 0.831. The third-order valence-corrected chi connectivity index (χ3v) is 3.21. The third-order valence-electron chi connectivity index (χ3n) is 3.21. The van der Waals surface area contributed by atoms with Crippen LogP contribution in [0.1, 0.15) is 19.4 Å². The van der Waals surface area contributed by atoms with E-state index in [1.165, 1.54) is 16.5 Å². The summed E-state index contributed by atoms with van der Waals surface area (Å²) >= 11 is 0. The van der Waals surface area contributed by atoms with E-state index in [0.29, 0.717) is 6.04 Å². The monoisotopic (exact) mass is 216 g/mol. The highest BCUT2D eigenvalue weighted by atomic mass is 14.9. The third kappa shape index (κ3) is 2.12. The molecule has 2 nitrogen and oxygen atoms in total. The zero-order valence-electron chi connectivity index (χ0n) is 10.3. The standard InChI is InChI=1S/C14H20N2/c1-4-16-8-7-13-10-12(5-6-14(13)16)9-11(2)15-3/h5-8,10-11,15H,4,9H2,1-3H3. The van der Waals surface area contributed by atoms with Crippen molar-refractivity contribution in [3.05, 3.63) is 36.0 Å². The lowest BCUT2D eigenvalue weighted by molar-refractivity contribution is 0.609. The molecule has 0 saturated heterocycles. The van der Waals surface area contributed by atoms with E-state index >= 15 is 0 Å². The van der Waals surface area contributed by atoms with Gasteiger partial charge in [0.05, 0.1) is 0 Å². The van der Waals surface area contributed by atoms with Crippen LogP contribution in [-0.2, 0) is 13.0 Å². The average Bonchev–Trinajstić information content (AvgIpc) is 2.71. The van der Waals surface area contributed by atoms with Crippen molar-refractivity contribution in [3.63, 3.8) is 0 Å². The lowest BCUT2D eigenvalue weighted by Gasteiger charge is -2.10. The van der Waals surface area contributed by atoms with Crippen molar-refractivity contribution in [2.45, 2.75) is 32.9 Å². The molecule has 1 heterocycles. The first kappa shape index (κ1) is 11.2. The van der Waals surface area contributed by atoms with Gasteiger partial charge in [-0.05, 0) is 56.5 Å². The number of rotatable bonds is 4. The Hall–Kier alpha value is -1.28. The molecular weight excluding hydrogens is 196 g/mol. The fraction of sp³-hybridized carbons (Fsp3) is 0.429. The molecule has 2 aromatic rings. The number of aromatic nitrogens is 1. The zero-order chi connectivity index (χ0) is 11.5. The molecule has 0 aliphatic carbocycles. The number of benzene rings is 1. The normalized spacial score (nSPS) is 13.2. The molecule has 86 valence electrons. The summed E-state index contributed by atoms with van der Waals surface area (Å²) in [5.74, 6) is 0. The summed E-state index contributed by atoms with van der Waals surface area (Å²) in [6.45, 7) is 5.42. The Bertz CT molecular complexity index is 471. The summed E-state index contributed by atoms with van der Waals surface area (Å²) in [5, 5.41) is 4.62. The second-order valence-electron chi connectivity index (χ2n) is 4.39. The van der Waals surface area contributed by atoms with E-state index in [0.717, 1.165) is 13.0 Å². The fourth-order valence-corrected chi connectivity index (χ4v) is 2.11. The summed E-state index contributed by atoms with van der Waals surface area (Å²) in [4.78, 5) is 0. The summed E-state index contributed by atoms with van der Waals surface area (Å²) in [5.41, 5.74) is 2.74. The first-order valence-corrected chi connectivity index (χ1v) is 5.99. The second kappa shape index (κ2) is 4.71. The Labute approximate surface area is 97.3 Å². The van der Waals surface area contributed by atoms with Gasteiger partial charge in [-0.15, -0.1) is 0 Å². The van der Waals surface area contributed by atoms with Crippen molar-refractivity contribution in [2.75, 3.05) is 7.05 Å². The van der Waals surface area contributed by atoms with E-state index in [1.807, 2.05) is 7.05 Å². The summed E-state index contributed by atoms with van der Waals surface area (Å²) < 4.78 is 2.28. The van der Waals surface area contributed by atoms with Gasteiger partial charge < -0.3 is 9.88 Å². The summed E-state index contributed by atoms with van der Waals surface area (Å²) in [6, 6.07) is 9.51. The Kier molecular flexibility index (Phi) is 3.30. The van der Waals surface area contributed by atoms with Crippen LogP contribution in [-0.4, -0.2) is 17.7 Å². The van der Waals surface area contributed by atoms with Crippen molar-refractivity contribution >= 4 is 10.9 Å². The molecule has 1 atom stereocenters. The molecule has 16 heavy (non-hydrogen) atoms. The first-order valence-electron chi connectivity index (χ1n) is 5.99. The van der Waals surface area contributed by atoms with Crippen molar-refractivity contribution in [1.82, 2.24) is 9.88 Å². The van der Waals surface area contributed by atoms with E-state index in [-0.39, 0.29) is 0 Å². The Morgan fingerprint density at radius 2 is 2.12 bits per heavy atom. The highest BCUT2D eigenvalue weighted by molar-refractivity contribution is 5.80. The van der Waals surface area contributed by atoms with Crippen molar-refractivity contribution in [2.24, 2.45) is 0 Å². The van der Waals surface area contributed by atoms with Gasteiger partial charge in [-0.1, -0.05) is 6.07 Å². The molecule has 0 fully saturated rings. The van der Waals surface area contributed by atoms with Gasteiger partial charge in [0, 0.05) is 24.3 Å². The van der Waals surface area contributed by atoms with Crippen molar-refractivity contribution < 1.29 is 0 Å². The Morgan fingerprint density at radius 3 is 2.81 bits per heavy atom. The number of aryl methyl sites for hydroxylation is 1. The molecule has 1 aromatic carbocycles. The molecule has 1 aromatic heterocycles. The van der Waals surface area contributed by atoms with E-state index in [9.17, 15) is 0 Å². The van der Waals surface area contributed by atoms with Gasteiger partial charge in [0.1, 0.15) is 0 Å². The summed E-state index contributed by atoms with van der Waals surface area (Å²) in [7, 11) is 2.01. The number of nitrogens with zero attached hydrogens (tertiary/aromatic N) is 1. The van der Waals surface area contributed by atoms with Gasteiger partial charge >= 0.3 is 0 Å². The van der Waals surface area contributed by atoms with Gasteiger partial charge in [-0.3, -0.25) is 0 Å². The van der Waals surface area contributed by atoms with E-state index in [1.54, 1.807) is 0 Å². The van der Waals surface area contributed by atoms with Crippen LogP contribution in [0.5, 0.6) is 0 Å². The molecular formula is C14H20N2. The van der Waals surface area contributed by atoms with Crippen molar-refractivity contribution in [3.8, 4) is 0 Å². The molecule has 0 bridgehead atoms. The van der Waals surface area contributed by atoms with E-state index in [2.05, 4.69) is 54.2 Å². The van der Waals surface area contributed by atoms with Crippen LogP contribution in [0.3, 0.4) is 0 Å². The topological polar surface area (TPSA) is 17.0 Å². The molecule has 0 aliphatic rings. The minimum absolute atomic E-state index is 0.533. The maximum absolute atomic E-state index is 3.27. The fourth-order valence-electron chi connectivity index (χ4n) is 2.11. The maximum atomic E-state index is 3.27. The molecule has 0 saturated carbocycles. The average molecular weight is 216 g/mol. The highest BCUT2D eigenvalue weighted by Crippen LogP contribution is 2.18. The molecule has 1 N–H and O–H groups in total. The molecule has 2 heteroatoms. The predicted octanol–water partition coefficient (Wildman–Crippen LogP) is 2.81. The maximum Gasteiger partial charge on any atom is 0.0480 e. The first-order chi connectivity index (χ1) is 7.74. The van der Waals surface area contributed by atoms with Crippen LogP contribution in [0.15, 0.2) is 30.5 Å². The number of hydrogen-bond donors (Lipinski definition) is 1. The SMILES string of the molecule is CCn1ccc2cc(CC(C)NC)ccc21. The van der Waals surface area contributed by atoms with Gasteiger partial charge in [-0.2, -0.15) is 0 Å². The van der Waals surface area contributed by atoms with Crippen LogP contribution in [0.4, 0.5) is 0 Å². The number of nitrogens with one attached hydrogen (secondary N) is 1. The predicted molar refractivity (Wildman–Crippen MR) is 69.8 cm³/mol. The lowest BCUT2D eigenvalue weighted by atomic mass is 10.1. The minimum atomic E-state index is 0.533. The zero-order valence-corrected chi connectivity index (χ0v) is 10.3. The van der Waals surface area contributed by atoms with Crippen molar-refractivity contribution in [1.29, 1.82) is 0 Å². The molecule has 0 amide bonds. The minimum Gasteiger partial charge on any atom is -0.348 e. The van der Waals surface area contributed by atoms with Gasteiger partial charge in [0.15, 0.2) is 0 Å². The van der Waals surface area contributed by atoms with Crippen LogP contribution in [0.2, 0.25) is 0 Å². The number of hydrogen-bond acceptors (Lipinski definition) is 1. The molecule has 1 unspecified atom stereocenters. The highest BCUT2D eigenvalue weighted by Gasteiger charge is 2.03. The van der Waals surface area contributed by atoms with Gasteiger partial charge in [-0.25, -0.2) is 0 Å². The molecule has 0 aliphatic heterocycles. The number of likely N-dealkylation sites (N-methyl/N-ethyl adjacent to an activating group) is 1. The van der Waals surface area contributed by atoms with Gasteiger partial charge in [0.25, 0.3) is 0 Å². The van der Waals surface area contributed by atoms with E-state index < -0.39 is 0 Å². The van der Waals surface area contributed by atoms with Gasteiger partial charge in [0.2, 0.25) is 0 Å². The molecule has 0 radical (unpaired) electrons. The van der Waals surface area contributed by atoms with Crippen LogP contribution < -0.4 is 5.32 Å². The molecule has 0 spiro atoms.